The van der Waals surface area contributed by atoms with Crippen molar-refractivity contribution in [3.05, 3.63) is 52.8 Å². The number of hydrogen-bond donors (Lipinski definition) is 1. The van der Waals surface area contributed by atoms with E-state index < -0.39 is 16.1 Å². The Kier molecular flexibility index (Phi) is 7.09. The summed E-state index contributed by atoms with van der Waals surface area (Å²) in [6.45, 7) is 12.0. The second kappa shape index (κ2) is 9.46. The average Bonchev–Trinajstić information content (AvgIpc) is 3.02. The van der Waals surface area contributed by atoms with Crippen molar-refractivity contribution in [1.82, 2.24) is 19.1 Å². The lowest BCUT2D eigenvalue weighted by atomic mass is 10.1. The molecule has 1 aromatic carbocycles. The van der Waals surface area contributed by atoms with E-state index in [9.17, 15) is 18.0 Å². The van der Waals surface area contributed by atoms with E-state index in [-0.39, 0.29) is 23.3 Å². The predicted octanol–water partition coefficient (Wildman–Crippen LogP) is 2.89. The highest BCUT2D eigenvalue weighted by molar-refractivity contribution is 7.90. The molecule has 0 atom stereocenters. The maximum Gasteiger partial charge on any atom is 0.331 e. The van der Waals surface area contributed by atoms with E-state index in [1.807, 2.05) is 31.7 Å². The average molecular weight is 461 g/mol. The zero-order chi connectivity index (χ0) is 23.6. The lowest BCUT2D eigenvalue weighted by Crippen LogP contribution is -2.53. The molecule has 0 aliphatic carbocycles. The summed E-state index contributed by atoms with van der Waals surface area (Å²) in [5.74, 6) is 0.0600. The standard InChI is InChI=1S/C23H32N4O4S/c1-16(2)27-18(4)14-21(19(27)5)22(28)15-25-10-12-26(13-11-25)23(29)24-32(30,31)20-8-6-17(3)7-9-20/h6-9,14,16H,10-13,15H2,1-5H3,(H,24,29). The number of Topliss-reactive ketones (excluding diaryl/α,β-unsaturated/α-hetero) is 1. The first-order valence-corrected chi connectivity index (χ1v) is 12.3. The number of sulfonamides is 1. The number of piperazine rings is 1. The van der Waals surface area contributed by atoms with Gasteiger partial charge in [0.2, 0.25) is 0 Å². The van der Waals surface area contributed by atoms with Crippen molar-refractivity contribution in [3.8, 4) is 0 Å². The molecule has 32 heavy (non-hydrogen) atoms. The van der Waals surface area contributed by atoms with Gasteiger partial charge in [-0.1, -0.05) is 17.7 Å². The first-order chi connectivity index (χ1) is 15.0. The van der Waals surface area contributed by atoms with Gasteiger partial charge in [0.05, 0.1) is 11.4 Å². The third kappa shape index (κ3) is 5.21. The number of aryl methyl sites for hydroxylation is 2. The Morgan fingerprint density at radius 2 is 1.59 bits per heavy atom. The summed E-state index contributed by atoms with van der Waals surface area (Å²) >= 11 is 0. The highest BCUT2D eigenvalue weighted by Crippen LogP contribution is 2.21. The number of aromatic nitrogens is 1. The summed E-state index contributed by atoms with van der Waals surface area (Å²) in [7, 11) is -3.92. The number of amides is 2. The largest absolute Gasteiger partial charge is 0.346 e. The van der Waals surface area contributed by atoms with E-state index in [0.717, 1.165) is 22.5 Å². The van der Waals surface area contributed by atoms with E-state index in [4.69, 9.17) is 0 Å². The molecule has 2 aromatic rings. The Hall–Kier alpha value is -2.65. The van der Waals surface area contributed by atoms with Crippen molar-refractivity contribution in [2.75, 3.05) is 32.7 Å². The Morgan fingerprint density at radius 3 is 2.12 bits per heavy atom. The van der Waals surface area contributed by atoms with Crippen LogP contribution in [0.5, 0.6) is 0 Å². The summed E-state index contributed by atoms with van der Waals surface area (Å²) in [4.78, 5) is 28.9. The molecule has 1 saturated heterocycles. The van der Waals surface area contributed by atoms with E-state index in [1.165, 1.54) is 17.0 Å². The molecule has 1 aromatic heterocycles. The zero-order valence-electron chi connectivity index (χ0n) is 19.4. The fourth-order valence-corrected chi connectivity index (χ4v) is 5.18. The number of carbonyl (C=O) groups excluding carboxylic acids is 2. The van der Waals surface area contributed by atoms with Gasteiger partial charge in [-0.15, -0.1) is 0 Å². The predicted molar refractivity (Wildman–Crippen MR) is 124 cm³/mol. The van der Waals surface area contributed by atoms with Crippen LogP contribution in [0.1, 0.15) is 47.2 Å². The molecule has 1 fully saturated rings. The molecule has 0 radical (unpaired) electrons. The van der Waals surface area contributed by atoms with Crippen molar-refractivity contribution in [2.24, 2.45) is 0 Å². The van der Waals surface area contributed by atoms with E-state index in [2.05, 4.69) is 23.1 Å². The molecule has 0 unspecified atom stereocenters. The number of carbonyl (C=O) groups is 2. The van der Waals surface area contributed by atoms with Crippen LogP contribution in [-0.4, -0.2) is 67.3 Å². The van der Waals surface area contributed by atoms with Gasteiger partial charge in [-0.25, -0.2) is 17.9 Å². The highest BCUT2D eigenvalue weighted by atomic mass is 32.2. The third-order valence-electron chi connectivity index (χ3n) is 5.88. The van der Waals surface area contributed by atoms with E-state index in [0.29, 0.717) is 26.2 Å². The maximum atomic E-state index is 12.9. The Balaban J connectivity index is 1.56. The van der Waals surface area contributed by atoms with Crippen LogP contribution in [0.3, 0.4) is 0 Å². The SMILES string of the molecule is Cc1ccc(S(=O)(=O)NC(=O)N2CCN(CC(=O)c3cc(C)n(C(C)C)c3C)CC2)cc1. The summed E-state index contributed by atoms with van der Waals surface area (Å²) < 4.78 is 29.2. The molecule has 1 N–H and O–H groups in total. The van der Waals surface area contributed by atoms with Crippen LogP contribution < -0.4 is 4.72 Å². The fourth-order valence-electron chi connectivity index (χ4n) is 4.21. The monoisotopic (exact) mass is 460 g/mol. The van der Waals surface area contributed by atoms with Gasteiger partial charge in [0.1, 0.15) is 0 Å². The number of benzene rings is 1. The van der Waals surface area contributed by atoms with Gasteiger partial charge in [-0.2, -0.15) is 0 Å². The van der Waals surface area contributed by atoms with Gasteiger partial charge < -0.3 is 9.47 Å². The molecule has 3 rings (SSSR count). The third-order valence-corrected chi connectivity index (χ3v) is 7.22. The molecule has 2 amide bonds. The van der Waals surface area contributed by atoms with Gasteiger partial charge in [0, 0.05) is 49.2 Å². The van der Waals surface area contributed by atoms with Crippen molar-refractivity contribution >= 4 is 21.8 Å². The van der Waals surface area contributed by atoms with E-state index >= 15 is 0 Å². The summed E-state index contributed by atoms with van der Waals surface area (Å²) in [5.41, 5.74) is 3.71. The summed E-state index contributed by atoms with van der Waals surface area (Å²) in [5, 5.41) is 0. The quantitative estimate of drug-likeness (QED) is 0.670. The molecule has 0 saturated carbocycles. The van der Waals surface area contributed by atoms with E-state index in [1.54, 1.807) is 12.1 Å². The molecule has 9 heteroatoms. The Labute approximate surface area is 190 Å². The van der Waals surface area contributed by atoms with Crippen LogP contribution in [0.2, 0.25) is 0 Å². The minimum absolute atomic E-state index is 0.0553. The number of rotatable bonds is 6. The molecule has 1 aliphatic heterocycles. The highest BCUT2D eigenvalue weighted by Gasteiger charge is 2.27. The van der Waals surface area contributed by atoms with Crippen LogP contribution in [0.4, 0.5) is 4.79 Å². The van der Waals surface area contributed by atoms with Crippen LogP contribution in [0, 0.1) is 20.8 Å². The van der Waals surface area contributed by atoms with Crippen molar-refractivity contribution in [2.45, 2.75) is 45.6 Å². The second-order valence-corrected chi connectivity index (χ2v) is 10.3. The normalized spacial score (nSPS) is 15.2. The Bertz CT molecular complexity index is 1100. The van der Waals surface area contributed by atoms with Crippen LogP contribution in [0.15, 0.2) is 35.2 Å². The van der Waals surface area contributed by atoms with Crippen LogP contribution >= 0.6 is 0 Å². The molecule has 0 spiro atoms. The molecule has 1 aliphatic rings. The summed E-state index contributed by atoms with van der Waals surface area (Å²) in [6.07, 6.45) is 0. The lowest BCUT2D eigenvalue weighted by molar-refractivity contribution is 0.0880. The molecule has 174 valence electrons. The van der Waals surface area contributed by atoms with Crippen LogP contribution in [0.25, 0.3) is 0 Å². The van der Waals surface area contributed by atoms with Gasteiger partial charge in [-0.3, -0.25) is 9.69 Å². The first kappa shape index (κ1) is 24.0. The molecule has 2 heterocycles. The Morgan fingerprint density at radius 1 is 1.00 bits per heavy atom. The number of nitrogens with one attached hydrogen (secondary N) is 1. The van der Waals surface area contributed by atoms with Crippen molar-refractivity contribution in [1.29, 1.82) is 0 Å². The maximum absolute atomic E-state index is 12.9. The molecular formula is C23H32N4O4S. The number of ketones is 1. The zero-order valence-corrected chi connectivity index (χ0v) is 20.2. The summed E-state index contributed by atoms with van der Waals surface area (Å²) in [6, 6.07) is 7.92. The van der Waals surface area contributed by atoms with Gasteiger partial charge in [-0.05, 0) is 52.8 Å². The van der Waals surface area contributed by atoms with Crippen molar-refractivity contribution in [3.63, 3.8) is 0 Å². The fraction of sp³-hybridized carbons (Fsp3) is 0.478. The smallest absolute Gasteiger partial charge is 0.331 e. The van der Waals surface area contributed by atoms with Crippen LogP contribution in [-0.2, 0) is 10.0 Å². The first-order valence-electron chi connectivity index (χ1n) is 10.8. The lowest BCUT2D eigenvalue weighted by Gasteiger charge is -2.34. The van der Waals surface area contributed by atoms with Gasteiger partial charge in [0.15, 0.2) is 5.78 Å². The molecule has 0 bridgehead atoms. The minimum atomic E-state index is -3.92. The minimum Gasteiger partial charge on any atom is -0.346 e. The van der Waals surface area contributed by atoms with Gasteiger partial charge in [0.25, 0.3) is 10.0 Å². The topological polar surface area (TPSA) is 91.7 Å². The number of nitrogens with zero attached hydrogens (tertiary/aromatic N) is 3. The van der Waals surface area contributed by atoms with Gasteiger partial charge >= 0.3 is 6.03 Å². The molecular weight excluding hydrogens is 428 g/mol. The second-order valence-electron chi connectivity index (χ2n) is 8.66. The molecule has 8 nitrogen and oxygen atoms in total. The number of urea groups is 1. The number of hydrogen-bond acceptors (Lipinski definition) is 5. The van der Waals surface area contributed by atoms with Crippen molar-refractivity contribution < 1.29 is 18.0 Å².